The summed E-state index contributed by atoms with van der Waals surface area (Å²) in [6.45, 7) is 6.91. The van der Waals surface area contributed by atoms with Crippen LogP contribution in [0.3, 0.4) is 0 Å². The van der Waals surface area contributed by atoms with Gasteiger partial charge in [-0.3, -0.25) is 0 Å². The number of carbonyl (C=O) groups excluding carboxylic acids is 1. The fourth-order valence-corrected chi connectivity index (χ4v) is 3.05. The van der Waals surface area contributed by atoms with Gasteiger partial charge in [0.15, 0.2) is 0 Å². The number of rotatable bonds is 1. The van der Waals surface area contributed by atoms with Gasteiger partial charge in [0.1, 0.15) is 11.2 Å². The number of fused-ring (bicyclic) bond motifs is 3. The highest BCUT2D eigenvalue weighted by Gasteiger charge is 2.27. The Labute approximate surface area is 134 Å². The molecule has 0 saturated heterocycles. The van der Waals surface area contributed by atoms with Crippen molar-refractivity contribution in [3.63, 3.8) is 0 Å². The number of H-pyrrole nitrogens is 1. The van der Waals surface area contributed by atoms with Crippen molar-refractivity contribution in [2.45, 2.75) is 44.4 Å². The van der Waals surface area contributed by atoms with Crippen molar-refractivity contribution in [3.05, 3.63) is 23.4 Å². The third-order valence-electron chi connectivity index (χ3n) is 3.67. The summed E-state index contributed by atoms with van der Waals surface area (Å²) in [5, 5.41) is 2.09. The molecule has 0 bridgehead atoms. The molecule has 3 rings (SSSR count). The molecular weight excluding hydrogens is 298 g/mol. The zero-order valence-electron chi connectivity index (χ0n) is 13.4. The number of ether oxygens (including phenoxy) is 1. The molecule has 6 heteroatoms. The van der Waals surface area contributed by atoms with E-state index >= 15 is 0 Å². The molecule has 0 saturated carbocycles. The van der Waals surface area contributed by atoms with E-state index in [4.69, 9.17) is 4.74 Å². The largest absolute Gasteiger partial charge is 0.444 e. The second-order valence-corrected chi connectivity index (χ2v) is 7.31. The monoisotopic (exact) mass is 319 g/mol. The Balaban J connectivity index is 1.87. The fraction of sp³-hybridized carbons (Fsp3) is 0.500. The number of carbonyl (C=O) groups is 1. The Morgan fingerprint density at radius 1 is 1.41 bits per heavy atom. The number of thioether (sulfide) groups is 1. The Kier molecular flexibility index (Phi) is 3.80. The topological polar surface area (TPSA) is 58.2 Å². The van der Waals surface area contributed by atoms with E-state index in [0.717, 1.165) is 28.0 Å². The Morgan fingerprint density at radius 3 is 2.86 bits per heavy atom. The molecule has 0 fully saturated rings. The minimum absolute atomic E-state index is 0.249. The summed E-state index contributed by atoms with van der Waals surface area (Å²) in [5.74, 6) is 0. The van der Waals surface area contributed by atoms with Crippen molar-refractivity contribution in [2.75, 3.05) is 12.8 Å². The lowest BCUT2D eigenvalue weighted by Gasteiger charge is -2.30. The Bertz CT molecular complexity index is 718. The quantitative estimate of drug-likeness (QED) is 0.816. The highest BCUT2D eigenvalue weighted by atomic mass is 32.2. The molecule has 3 heterocycles. The van der Waals surface area contributed by atoms with E-state index < -0.39 is 5.60 Å². The third kappa shape index (κ3) is 2.92. The highest BCUT2D eigenvalue weighted by molar-refractivity contribution is 7.98. The van der Waals surface area contributed by atoms with Crippen molar-refractivity contribution in [2.24, 2.45) is 0 Å². The van der Waals surface area contributed by atoms with E-state index in [1.807, 2.05) is 33.1 Å². The average molecular weight is 319 g/mol. The molecule has 2 aromatic heterocycles. The number of nitrogens with one attached hydrogen (secondary N) is 1. The molecule has 1 amide bonds. The molecule has 1 aliphatic heterocycles. The fourth-order valence-electron chi connectivity index (χ4n) is 2.67. The third-order valence-corrected chi connectivity index (χ3v) is 4.32. The second kappa shape index (κ2) is 5.50. The molecule has 0 unspecified atom stereocenters. The first-order valence-electron chi connectivity index (χ1n) is 7.40. The zero-order chi connectivity index (χ0) is 15.9. The van der Waals surface area contributed by atoms with Crippen LogP contribution < -0.4 is 0 Å². The Hall–Kier alpha value is -1.69. The normalized spacial score (nSPS) is 15.0. The molecule has 2 aromatic rings. The van der Waals surface area contributed by atoms with E-state index in [2.05, 4.69) is 16.0 Å². The first kappa shape index (κ1) is 15.2. The van der Waals surface area contributed by atoms with Gasteiger partial charge in [-0.1, -0.05) is 0 Å². The molecule has 0 aromatic carbocycles. The van der Waals surface area contributed by atoms with Gasteiger partial charge in [0.25, 0.3) is 0 Å². The molecule has 118 valence electrons. The number of pyridine rings is 1. The lowest BCUT2D eigenvalue weighted by atomic mass is 10.1. The summed E-state index contributed by atoms with van der Waals surface area (Å²) >= 11 is 1.63. The Morgan fingerprint density at radius 2 is 2.18 bits per heavy atom. The van der Waals surface area contributed by atoms with Crippen LogP contribution in [0, 0.1) is 0 Å². The van der Waals surface area contributed by atoms with Crippen LogP contribution in [0.4, 0.5) is 4.79 Å². The van der Waals surface area contributed by atoms with Gasteiger partial charge in [-0.05, 0) is 39.2 Å². The van der Waals surface area contributed by atoms with Crippen molar-refractivity contribution in [3.8, 4) is 0 Å². The predicted molar refractivity (Wildman–Crippen MR) is 88.2 cm³/mol. The van der Waals surface area contributed by atoms with E-state index in [9.17, 15) is 4.79 Å². The van der Waals surface area contributed by atoms with E-state index in [0.29, 0.717) is 13.1 Å². The van der Waals surface area contributed by atoms with Crippen LogP contribution in [-0.4, -0.2) is 39.4 Å². The first-order valence-corrected chi connectivity index (χ1v) is 8.62. The van der Waals surface area contributed by atoms with Crippen LogP contribution in [0.5, 0.6) is 0 Å². The summed E-state index contributed by atoms with van der Waals surface area (Å²) in [7, 11) is 0. The van der Waals surface area contributed by atoms with Gasteiger partial charge in [0.05, 0.1) is 11.6 Å². The van der Waals surface area contributed by atoms with Crippen LogP contribution in [0.2, 0.25) is 0 Å². The minimum Gasteiger partial charge on any atom is -0.444 e. The summed E-state index contributed by atoms with van der Waals surface area (Å²) in [5.41, 5.74) is 2.78. The molecule has 0 spiro atoms. The molecule has 0 aliphatic carbocycles. The molecule has 0 radical (unpaired) electrons. The van der Waals surface area contributed by atoms with Gasteiger partial charge in [-0.2, -0.15) is 0 Å². The number of aromatic amines is 1. The van der Waals surface area contributed by atoms with Crippen LogP contribution in [-0.2, 0) is 17.7 Å². The standard InChI is InChI=1S/C16H21N3O2S/c1-16(2,3)21-15(20)19-8-7-12-11(9-19)10-5-6-13(22-4)18-14(10)17-12/h5-6H,7-9H2,1-4H3,(H,17,18). The lowest BCUT2D eigenvalue weighted by Crippen LogP contribution is -2.39. The van der Waals surface area contributed by atoms with E-state index in [1.54, 1.807) is 16.7 Å². The summed E-state index contributed by atoms with van der Waals surface area (Å²) in [6, 6.07) is 4.11. The second-order valence-electron chi connectivity index (χ2n) is 6.48. The number of aromatic nitrogens is 2. The number of hydrogen-bond donors (Lipinski definition) is 1. The van der Waals surface area contributed by atoms with Crippen LogP contribution >= 0.6 is 11.8 Å². The first-order chi connectivity index (χ1) is 10.4. The molecule has 1 aliphatic rings. The van der Waals surface area contributed by atoms with E-state index in [-0.39, 0.29) is 6.09 Å². The number of nitrogens with zero attached hydrogens (tertiary/aromatic N) is 2. The molecular formula is C16H21N3O2S. The molecule has 22 heavy (non-hydrogen) atoms. The van der Waals surface area contributed by atoms with Gasteiger partial charge in [0, 0.05) is 29.6 Å². The van der Waals surface area contributed by atoms with Crippen LogP contribution in [0.25, 0.3) is 11.0 Å². The molecule has 5 nitrogen and oxygen atoms in total. The predicted octanol–water partition coefficient (Wildman–Crippen LogP) is 3.58. The van der Waals surface area contributed by atoms with Crippen molar-refractivity contribution < 1.29 is 9.53 Å². The van der Waals surface area contributed by atoms with Gasteiger partial charge in [-0.15, -0.1) is 11.8 Å². The maximum Gasteiger partial charge on any atom is 0.410 e. The average Bonchev–Trinajstić information content (AvgIpc) is 2.81. The minimum atomic E-state index is -0.466. The molecule has 0 atom stereocenters. The maximum absolute atomic E-state index is 12.3. The zero-order valence-corrected chi connectivity index (χ0v) is 14.2. The molecule has 1 N–H and O–H groups in total. The van der Waals surface area contributed by atoms with E-state index in [1.165, 1.54) is 5.69 Å². The van der Waals surface area contributed by atoms with Crippen molar-refractivity contribution in [1.82, 2.24) is 14.9 Å². The van der Waals surface area contributed by atoms with Crippen molar-refractivity contribution in [1.29, 1.82) is 0 Å². The lowest BCUT2D eigenvalue weighted by molar-refractivity contribution is 0.0224. The maximum atomic E-state index is 12.3. The highest BCUT2D eigenvalue weighted by Crippen LogP contribution is 2.29. The van der Waals surface area contributed by atoms with Gasteiger partial charge < -0.3 is 14.6 Å². The smallest absolute Gasteiger partial charge is 0.410 e. The summed E-state index contributed by atoms with van der Waals surface area (Å²) in [4.78, 5) is 22.0. The number of hydrogen-bond acceptors (Lipinski definition) is 4. The summed E-state index contributed by atoms with van der Waals surface area (Å²) < 4.78 is 5.48. The van der Waals surface area contributed by atoms with Crippen LogP contribution in [0.15, 0.2) is 17.2 Å². The van der Waals surface area contributed by atoms with Crippen molar-refractivity contribution >= 4 is 28.9 Å². The van der Waals surface area contributed by atoms with Crippen LogP contribution in [0.1, 0.15) is 32.0 Å². The van der Waals surface area contributed by atoms with Gasteiger partial charge >= 0.3 is 6.09 Å². The summed E-state index contributed by atoms with van der Waals surface area (Å²) in [6.07, 6.45) is 2.57. The van der Waals surface area contributed by atoms with Gasteiger partial charge in [-0.25, -0.2) is 9.78 Å². The SMILES string of the molecule is CSc1ccc2c3c([nH]c2n1)CCN(C(=O)OC(C)(C)C)C3. The number of amides is 1. The van der Waals surface area contributed by atoms with Gasteiger partial charge in [0.2, 0.25) is 0 Å².